The van der Waals surface area contributed by atoms with E-state index in [-0.39, 0.29) is 5.92 Å². The molecule has 0 aliphatic rings. The molecule has 0 rings (SSSR count). The van der Waals surface area contributed by atoms with Gasteiger partial charge in [-0.1, -0.05) is 72.1 Å². The van der Waals surface area contributed by atoms with E-state index in [9.17, 15) is 15.3 Å². The molecule has 32 heavy (non-hydrogen) atoms. The molecule has 0 radical (unpaired) electrons. The predicted octanol–water partition coefficient (Wildman–Crippen LogP) is 5.19. The van der Waals surface area contributed by atoms with Crippen molar-refractivity contribution in [2.24, 2.45) is 23.7 Å². The second kappa shape index (κ2) is 12.4. The quantitative estimate of drug-likeness (QED) is 0.379. The fourth-order valence-electron chi connectivity index (χ4n) is 4.27. The lowest BCUT2D eigenvalue weighted by Gasteiger charge is -2.30. The van der Waals surface area contributed by atoms with Crippen molar-refractivity contribution in [3.05, 3.63) is 0 Å². The standard InChI is InChI=1S/C28H50O4/c1-21(2)16-25(8,29)12-13-27(10,31)19-24(7)20-32-28(11,18-23(5)6)15-14-26(9,30)17-22(3)4/h21-24,29-31H,16-20H2,1-11H3. The van der Waals surface area contributed by atoms with E-state index in [0.29, 0.717) is 43.6 Å². The van der Waals surface area contributed by atoms with Crippen LogP contribution in [0.3, 0.4) is 0 Å². The number of hydrogen-bond acceptors (Lipinski definition) is 4. The maximum Gasteiger partial charge on any atom is 0.126 e. The van der Waals surface area contributed by atoms with Gasteiger partial charge in [-0.05, 0) is 77.0 Å². The second-order valence-corrected chi connectivity index (χ2v) is 12.0. The zero-order chi connectivity index (χ0) is 25.4. The Morgan fingerprint density at radius 3 is 1.28 bits per heavy atom. The summed E-state index contributed by atoms with van der Waals surface area (Å²) >= 11 is 0. The predicted molar refractivity (Wildman–Crippen MR) is 134 cm³/mol. The van der Waals surface area contributed by atoms with Gasteiger partial charge in [-0.3, -0.25) is 0 Å². The van der Waals surface area contributed by atoms with Crippen LogP contribution in [0.1, 0.15) is 102 Å². The molecule has 0 aromatic rings. The highest BCUT2D eigenvalue weighted by Crippen LogP contribution is 2.25. The Kier molecular flexibility index (Phi) is 12.0. The topological polar surface area (TPSA) is 69.9 Å². The zero-order valence-electron chi connectivity index (χ0n) is 22.6. The van der Waals surface area contributed by atoms with Crippen LogP contribution in [-0.2, 0) is 4.74 Å². The van der Waals surface area contributed by atoms with E-state index in [4.69, 9.17) is 4.74 Å². The number of ether oxygens (including phenoxy) is 1. The molecule has 0 spiro atoms. The van der Waals surface area contributed by atoms with E-state index in [1.54, 1.807) is 20.8 Å². The van der Waals surface area contributed by atoms with Crippen LogP contribution < -0.4 is 0 Å². The SMILES string of the molecule is CC(C)CC(C)(O)C#CC(C)(O)CC(C)COC(C)(C#CC(C)(O)CC(C)C)CC(C)C. The molecule has 0 bridgehead atoms. The van der Waals surface area contributed by atoms with Gasteiger partial charge in [-0.15, -0.1) is 0 Å². The first-order chi connectivity index (χ1) is 14.3. The molecule has 5 unspecified atom stereocenters. The highest BCUT2D eigenvalue weighted by molar-refractivity contribution is 5.21. The molecular formula is C28H50O4. The van der Waals surface area contributed by atoms with Gasteiger partial charge in [0, 0.05) is 0 Å². The van der Waals surface area contributed by atoms with Gasteiger partial charge >= 0.3 is 0 Å². The highest BCUT2D eigenvalue weighted by atomic mass is 16.5. The second-order valence-electron chi connectivity index (χ2n) is 12.0. The molecule has 0 fully saturated rings. The third-order valence-corrected chi connectivity index (χ3v) is 5.04. The third kappa shape index (κ3) is 14.9. The third-order valence-electron chi connectivity index (χ3n) is 5.04. The first-order valence-corrected chi connectivity index (χ1v) is 12.2. The van der Waals surface area contributed by atoms with Crippen molar-refractivity contribution in [1.29, 1.82) is 0 Å². The summed E-state index contributed by atoms with van der Waals surface area (Å²) in [6, 6.07) is 0. The summed E-state index contributed by atoms with van der Waals surface area (Å²) in [4.78, 5) is 0. The van der Waals surface area contributed by atoms with Gasteiger partial charge in [0.05, 0.1) is 6.61 Å². The Bertz CT molecular complexity index is 680. The van der Waals surface area contributed by atoms with Gasteiger partial charge in [0.2, 0.25) is 0 Å². The molecule has 5 atom stereocenters. The number of rotatable bonds is 11. The maximum atomic E-state index is 10.7. The summed E-state index contributed by atoms with van der Waals surface area (Å²) in [5, 5.41) is 31.8. The van der Waals surface area contributed by atoms with Crippen molar-refractivity contribution in [2.45, 2.75) is 124 Å². The number of aliphatic hydroxyl groups is 3. The van der Waals surface area contributed by atoms with Crippen molar-refractivity contribution in [2.75, 3.05) is 6.61 Å². The highest BCUT2D eigenvalue weighted by Gasteiger charge is 2.29. The molecule has 0 aromatic heterocycles. The van der Waals surface area contributed by atoms with Crippen molar-refractivity contribution in [3.8, 4) is 23.7 Å². The molecule has 4 heteroatoms. The molecule has 0 heterocycles. The average molecular weight is 451 g/mol. The summed E-state index contributed by atoms with van der Waals surface area (Å²) in [6.45, 7) is 22.0. The molecule has 0 aliphatic carbocycles. The first kappa shape index (κ1) is 31.0. The minimum Gasteiger partial charge on any atom is -0.378 e. The van der Waals surface area contributed by atoms with Gasteiger partial charge in [-0.25, -0.2) is 0 Å². The zero-order valence-corrected chi connectivity index (χ0v) is 22.6. The van der Waals surface area contributed by atoms with Crippen LogP contribution in [0.25, 0.3) is 0 Å². The number of hydrogen-bond donors (Lipinski definition) is 3. The van der Waals surface area contributed by atoms with Crippen LogP contribution in [0.5, 0.6) is 0 Å². The smallest absolute Gasteiger partial charge is 0.126 e. The van der Waals surface area contributed by atoms with Crippen LogP contribution in [0.2, 0.25) is 0 Å². The van der Waals surface area contributed by atoms with Gasteiger partial charge in [0.1, 0.15) is 22.4 Å². The molecule has 186 valence electrons. The molecule has 3 N–H and O–H groups in total. The minimum atomic E-state index is -1.22. The lowest BCUT2D eigenvalue weighted by Crippen LogP contribution is -2.34. The molecule has 0 amide bonds. The molecule has 0 aliphatic heterocycles. The summed E-state index contributed by atoms with van der Waals surface area (Å²) in [5.74, 6) is 13.1. The van der Waals surface area contributed by atoms with Crippen LogP contribution in [0.15, 0.2) is 0 Å². The van der Waals surface area contributed by atoms with Crippen molar-refractivity contribution in [1.82, 2.24) is 0 Å². The van der Waals surface area contributed by atoms with E-state index in [0.717, 1.165) is 6.42 Å². The largest absolute Gasteiger partial charge is 0.378 e. The summed E-state index contributed by atoms with van der Waals surface area (Å²) in [5.41, 5.74) is -4.06. The normalized spacial score (nSPS) is 20.3. The van der Waals surface area contributed by atoms with Crippen molar-refractivity contribution >= 4 is 0 Å². The summed E-state index contributed by atoms with van der Waals surface area (Å²) < 4.78 is 6.25. The van der Waals surface area contributed by atoms with E-state index < -0.39 is 22.4 Å². The van der Waals surface area contributed by atoms with E-state index in [1.165, 1.54) is 0 Å². The fourth-order valence-corrected chi connectivity index (χ4v) is 4.27. The first-order valence-electron chi connectivity index (χ1n) is 12.2. The lowest BCUT2D eigenvalue weighted by atomic mass is 9.89. The minimum absolute atomic E-state index is 0.0406. The maximum absolute atomic E-state index is 10.7. The van der Waals surface area contributed by atoms with Crippen LogP contribution in [-0.4, -0.2) is 44.3 Å². The summed E-state index contributed by atoms with van der Waals surface area (Å²) in [6.07, 6.45) is 2.34. The van der Waals surface area contributed by atoms with Crippen LogP contribution >= 0.6 is 0 Å². The van der Waals surface area contributed by atoms with Gasteiger partial charge < -0.3 is 20.1 Å². The van der Waals surface area contributed by atoms with Crippen LogP contribution in [0, 0.1) is 47.4 Å². The fraction of sp³-hybridized carbons (Fsp3) is 0.857. The van der Waals surface area contributed by atoms with E-state index in [2.05, 4.69) is 51.4 Å². The Labute approximate surface area is 198 Å². The van der Waals surface area contributed by atoms with Crippen LogP contribution in [0.4, 0.5) is 0 Å². The molecule has 0 aromatic carbocycles. The molecular weight excluding hydrogens is 400 g/mol. The summed E-state index contributed by atoms with van der Waals surface area (Å²) in [7, 11) is 0. The Morgan fingerprint density at radius 2 is 0.906 bits per heavy atom. The molecule has 0 saturated heterocycles. The lowest BCUT2D eigenvalue weighted by molar-refractivity contribution is -0.0297. The van der Waals surface area contributed by atoms with Gasteiger partial charge in [0.25, 0.3) is 0 Å². The Balaban J connectivity index is 5.24. The van der Waals surface area contributed by atoms with Gasteiger partial charge in [-0.2, -0.15) is 0 Å². The van der Waals surface area contributed by atoms with Gasteiger partial charge in [0.15, 0.2) is 0 Å². The average Bonchev–Trinajstić information content (AvgIpc) is 2.54. The molecule has 4 nitrogen and oxygen atoms in total. The Morgan fingerprint density at radius 1 is 0.562 bits per heavy atom. The monoisotopic (exact) mass is 450 g/mol. The van der Waals surface area contributed by atoms with E-state index >= 15 is 0 Å². The molecule has 0 saturated carbocycles. The van der Waals surface area contributed by atoms with Crippen molar-refractivity contribution < 1.29 is 20.1 Å². The van der Waals surface area contributed by atoms with Crippen molar-refractivity contribution in [3.63, 3.8) is 0 Å². The van der Waals surface area contributed by atoms with E-state index in [1.807, 2.05) is 27.7 Å². The Hall–Kier alpha value is -1.04.